The number of rotatable bonds is 6. The highest BCUT2D eigenvalue weighted by molar-refractivity contribution is 7.49. The third kappa shape index (κ3) is 4.79. The highest BCUT2D eigenvalue weighted by Gasteiger charge is 2.33. The highest BCUT2D eigenvalue weighted by Crippen LogP contribution is 2.50. The number of fused-ring (bicyclic) bond motifs is 1. The van der Waals surface area contributed by atoms with E-state index < -0.39 is 7.82 Å². The van der Waals surface area contributed by atoms with Gasteiger partial charge in [0.05, 0.1) is 0 Å². The second kappa shape index (κ2) is 8.02. The Morgan fingerprint density at radius 2 is 1.17 bits per heavy atom. The Kier molecular flexibility index (Phi) is 5.28. The minimum Gasteiger partial charge on any atom is -0.386 e. The van der Waals surface area contributed by atoms with Gasteiger partial charge >= 0.3 is 7.82 Å². The Morgan fingerprint density at radius 3 is 1.90 bits per heavy atom. The zero-order valence-corrected chi connectivity index (χ0v) is 17.1. The van der Waals surface area contributed by atoms with Gasteiger partial charge in [-0.15, -0.1) is 0 Å². The summed E-state index contributed by atoms with van der Waals surface area (Å²) in [5.74, 6) is 1.24. The number of phosphoric ester groups is 1. The maximum absolute atomic E-state index is 13.6. The first-order valence-corrected chi connectivity index (χ1v) is 10.8. The topological polar surface area (TPSA) is 44.8 Å². The van der Waals surface area contributed by atoms with Gasteiger partial charge in [-0.05, 0) is 66.6 Å². The molecule has 5 heteroatoms. The van der Waals surface area contributed by atoms with Crippen LogP contribution < -0.4 is 13.6 Å². The van der Waals surface area contributed by atoms with Crippen molar-refractivity contribution >= 4 is 18.6 Å². The van der Waals surface area contributed by atoms with Gasteiger partial charge < -0.3 is 13.6 Å². The Morgan fingerprint density at radius 1 is 0.552 bits per heavy atom. The van der Waals surface area contributed by atoms with E-state index in [2.05, 4.69) is 0 Å². The Balaban J connectivity index is 1.67. The summed E-state index contributed by atoms with van der Waals surface area (Å²) in [5, 5.41) is 2.04. The van der Waals surface area contributed by atoms with Gasteiger partial charge in [0.25, 0.3) is 0 Å². The van der Waals surface area contributed by atoms with Crippen LogP contribution in [-0.2, 0) is 4.57 Å². The predicted octanol–water partition coefficient (Wildman–Crippen LogP) is 7.10. The average Bonchev–Trinajstić information content (AvgIpc) is 2.69. The molecule has 4 nitrogen and oxygen atoms in total. The van der Waals surface area contributed by atoms with E-state index in [0.29, 0.717) is 17.2 Å². The largest absolute Gasteiger partial charge is 0.647 e. The molecule has 0 aliphatic heterocycles. The summed E-state index contributed by atoms with van der Waals surface area (Å²) in [6.07, 6.45) is 0. The summed E-state index contributed by atoms with van der Waals surface area (Å²) in [4.78, 5) is 0. The number of aryl methyl sites for hydroxylation is 2. The van der Waals surface area contributed by atoms with Crippen LogP contribution in [0.4, 0.5) is 0 Å². The molecule has 0 aromatic heterocycles. The molecule has 0 saturated carbocycles. The maximum Gasteiger partial charge on any atom is 0.647 e. The van der Waals surface area contributed by atoms with Crippen LogP contribution in [0.2, 0.25) is 0 Å². The molecule has 1 unspecified atom stereocenters. The van der Waals surface area contributed by atoms with Gasteiger partial charge in [0.15, 0.2) is 0 Å². The van der Waals surface area contributed by atoms with Gasteiger partial charge in [-0.3, -0.25) is 0 Å². The lowest BCUT2D eigenvalue weighted by Gasteiger charge is -2.20. The van der Waals surface area contributed by atoms with E-state index in [4.69, 9.17) is 13.6 Å². The molecule has 0 aliphatic rings. The van der Waals surface area contributed by atoms with Crippen molar-refractivity contribution in [3.8, 4) is 17.2 Å². The van der Waals surface area contributed by atoms with Crippen LogP contribution in [0.1, 0.15) is 11.1 Å². The molecule has 0 aliphatic carbocycles. The first kappa shape index (κ1) is 19.1. The third-order valence-corrected chi connectivity index (χ3v) is 5.69. The Bertz CT molecular complexity index is 1180. The van der Waals surface area contributed by atoms with Crippen molar-refractivity contribution in [1.29, 1.82) is 0 Å². The molecule has 146 valence electrons. The van der Waals surface area contributed by atoms with Crippen molar-refractivity contribution in [2.24, 2.45) is 0 Å². The lowest BCUT2D eigenvalue weighted by Crippen LogP contribution is -2.07. The van der Waals surface area contributed by atoms with Crippen LogP contribution in [-0.4, -0.2) is 0 Å². The zero-order valence-electron chi connectivity index (χ0n) is 16.2. The minimum absolute atomic E-state index is 0.409. The summed E-state index contributed by atoms with van der Waals surface area (Å²) in [6, 6.07) is 27.9. The SMILES string of the molecule is Cc1ccc(OP(=O)(Oc2cccc(C)c2)Oc2ccc3ccccc3c2)cc1. The molecule has 0 spiro atoms. The second-order valence-electron chi connectivity index (χ2n) is 6.86. The van der Waals surface area contributed by atoms with Crippen LogP contribution in [0.3, 0.4) is 0 Å². The molecule has 29 heavy (non-hydrogen) atoms. The number of hydrogen-bond donors (Lipinski definition) is 0. The van der Waals surface area contributed by atoms with Crippen molar-refractivity contribution in [2.75, 3.05) is 0 Å². The van der Waals surface area contributed by atoms with Crippen LogP contribution in [0.15, 0.2) is 91.0 Å². The van der Waals surface area contributed by atoms with Gasteiger partial charge in [0, 0.05) is 0 Å². The van der Waals surface area contributed by atoms with Crippen molar-refractivity contribution in [3.63, 3.8) is 0 Å². The zero-order chi connectivity index (χ0) is 20.3. The van der Waals surface area contributed by atoms with Crippen LogP contribution in [0.25, 0.3) is 10.8 Å². The molecular weight excluding hydrogens is 383 g/mol. The van der Waals surface area contributed by atoms with Gasteiger partial charge in [-0.2, -0.15) is 4.57 Å². The standard InChI is InChI=1S/C24H21O4P/c1-18-10-13-22(14-11-18)26-29(25,27-23-9-5-6-19(2)16-23)28-24-15-12-20-7-3-4-8-21(20)17-24/h3-17H,1-2H3. The minimum atomic E-state index is -4.00. The summed E-state index contributed by atoms with van der Waals surface area (Å²) < 4.78 is 30.9. The van der Waals surface area contributed by atoms with E-state index in [1.807, 2.05) is 74.5 Å². The maximum atomic E-state index is 13.6. The Hall–Kier alpha value is -3.23. The summed E-state index contributed by atoms with van der Waals surface area (Å²) in [6.45, 7) is 3.90. The molecule has 0 heterocycles. The van der Waals surface area contributed by atoms with Crippen LogP contribution in [0, 0.1) is 13.8 Å². The molecule has 0 N–H and O–H groups in total. The quantitative estimate of drug-likeness (QED) is 0.322. The van der Waals surface area contributed by atoms with Crippen molar-refractivity contribution < 1.29 is 18.1 Å². The van der Waals surface area contributed by atoms with Gasteiger partial charge in [-0.1, -0.05) is 60.2 Å². The monoisotopic (exact) mass is 404 g/mol. The van der Waals surface area contributed by atoms with Gasteiger partial charge in [0.2, 0.25) is 0 Å². The van der Waals surface area contributed by atoms with Crippen molar-refractivity contribution in [3.05, 3.63) is 102 Å². The molecule has 0 radical (unpaired) electrons. The van der Waals surface area contributed by atoms with Crippen LogP contribution in [0.5, 0.6) is 17.2 Å². The first-order chi connectivity index (χ1) is 14.0. The smallest absolute Gasteiger partial charge is 0.386 e. The lowest BCUT2D eigenvalue weighted by atomic mass is 10.1. The molecule has 0 bridgehead atoms. The molecule has 1 atom stereocenters. The second-order valence-corrected chi connectivity index (χ2v) is 8.30. The molecule has 0 amide bonds. The third-order valence-electron chi connectivity index (χ3n) is 4.38. The fourth-order valence-corrected chi connectivity index (χ4v) is 4.17. The van der Waals surface area contributed by atoms with Crippen LogP contribution >= 0.6 is 7.82 Å². The number of hydrogen-bond acceptors (Lipinski definition) is 4. The number of phosphoric acid groups is 1. The number of benzene rings is 4. The molecule has 4 aromatic carbocycles. The van der Waals surface area contributed by atoms with E-state index in [9.17, 15) is 4.57 Å². The highest BCUT2D eigenvalue weighted by atomic mass is 31.2. The van der Waals surface area contributed by atoms with Gasteiger partial charge in [-0.25, -0.2) is 0 Å². The first-order valence-electron chi connectivity index (χ1n) is 9.30. The fraction of sp³-hybridized carbons (Fsp3) is 0.0833. The molecule has 0 saturated heterocycles. The van der Waals surface area contributed by atoms with E-state index in [1.54, 1.807) is 30.3 Å². The summed E-state index contributed by atoms with van der Waals surface area (Å²) >= 11 is 0. The summed E-state index contributed by atoms with van der Waals surface area (Å²) in [7, 11) is -4.00. The summed E-state index contributed by atoms with van der Waals surface area (Å²) in [5.41, 5.74) is 2.05. The van der Waals surface area contributed by atoms with E-state index in [1.165, 1.54) is 0 Å². The van der Waals surface area contributed by atoms with Gasteiger partial charge in [0.1, 0.15) is 17.2 Å². The predicted molar refractivity (Wildman–Crippen MR) is 116 cm³/mol. The molecule has 4 aromatic rings. The average molecular weight is 404 g/mol. The molecular formula is C24H21O4P. The normalized spacial score (nSPS) is 12.9. The van der Waals surface area contributed by atoms with Crippen molar-refractivity contribution in [1.82, 2.24) is 0 Å². The van der Waals surface area contributed by atoms with Crippen molar-refractivity contribution in [2.45, 2.75) is 13.8 Å². The molecule has 0 fully saturated rings. The van der Waals surface area contributed by atoms with E-state index in [-0.39, 0.29) is 0 Å². The van der Waals surface area contributed by atoms with E-state index in [0.717, 1.165) is 21.9 Å². The molecule has 4 rings (SSSR count). The lowest BCUT2D eigenvalue weighted by molar-refractivity contribution is 0.298. The Labute approximate surface area is 170 Å². The van der Waals surface area contributed by atoms with E-state index >= 15 is 0 Å². The fourth-order valence-electron chi connectivity index (χ4n) is 2.94.